The van der Waals surface area contributed by atoms with E-state index in [2.05, 4.69) is 41.2 Å². The van der Waals surface area contributed by atoms with Crippen LogP contribution in [0.4, 0.5) is 27.8 Å². The Hall–Kier alpha value is -6.76. The maximum Gasteiger partial charge on any atom is 0.407 e. The number of benzene rings is 2. The van der Waals surface area contributed by atoms with Crippen molar-refractivity contribution in [3.05, 3.63) is 64.2 Å². The van der Waals surface area contributed by atoms with Gasteiger partial charge in [0.1, 0.15) is 22.5 Å². The molecule has 4 saturated heterocycles. The number of ether oxygens (including phenoxy) is 8. The number of rotatable bonds is 31. The largest absolute Gasteiger partial charge is 0.444 e. The number of hydrogen-bond acceptors (Lipinski definition) is 22. The lowest BCUT2D eigenvalue weighted by atomic mass is 9.73. The summed E-state index contributed by atoms with van der Waals surface area (Å²) in [4.78, 5) is 105. The molecule has 8 rings (SSSR count). The number of anilines is 4. The second kappa shape index (κ2) is 33.3. The number of nitrogen functional groups attached to an aromatic ring is 1. The van der Waals surface area contributed by atoms with Crippen LogP contribution >= 0.6 is 23.4 Å². The molecule has 6 N–H and O–H groups in total. The first kappa shape index (κ1) is 68.2. The van der Waals surface area contributed by atoms with Gasteiger partial charge in [-0.25, -0.2) is 19.4 Å². The van der Waals surface area contributed by atoms with Gasteiger partial charge in [0.05, 0.1) is 133 Å². The van der Waals surface area contributed by atoms with Crippen LogP contribution in [0, 0.1) is 5.41 Å². The smallest absolute Gasteiger partial charge is 0.407 e. The van der Waals surface area contributed by atoms with E-state index in [9.17, 15) is 33.6 Å². The van der Waals surface area contributed by atoms with Crippen molar-refractivity contribution in [1.82, 2.24) is 40.2 Å². The summed E-state index contributed by atoms with van der Waals surface area (Å²) in [7, 11) is 0. The van der Waals surface area contributed by atoms with E-state index in [-0.39, 0.29) is 85.7 Å². The van der Waals surface area contributed by atoms with Gasteiger partial charge in [-0.15, -0.1) is 0 Å². The van der Waals surface area contributed by atoms with Crippen molar-refractivity contribution in [3.63, 3.8) is 0 Å². The van der Waals surface area contributed by atoms with E-state index in [1.807, 2.05) is 33.8 Å². The number of imide groups is 1. The quantitative estimate of drug-likeness (QED) is 0.0343. The van der Waals surface area contributed by atoms with Crippen LogP contribution in [0.2, 0.25) is 5.02 Å². The summed E-state index contributed by atoms with van der Waals surface area (Å²) < 4.78 is 46.3. The van der Waals surface area contributed by atoms with Gasteiger partial charge in [-0.2, -0.15) is 5.10 Å². The minimum Gasteiger partial charge on any atom is -0.444 e. The Balaban J connectivity index is 0.598. The number of aromatic nitrogens is 4. The number of nitrogens with two attached hydrogens (primary N) is 1. The Morgan fingerprint density at radius 1 is 0.775 bits per heavy atom. The van der Waals surface area contributed by atoms with Crippen molar-refractivity contribution < 1.29 is 66.7 Å². The molecule has 3 atom stereocenters. The van der Waals surface area contributed by atoms with Crippen molar-refractivity contribution in [2.45, 2.75) is 106 Å². The van der Waals surface area contributed by atoms with Crippen LogP contribution in [-0.2, 0) is 61.9 Å². The molecule has 0 radical (unpaired) electrons. The third-order valence-corrected chi connectivity index (χ3v) is 17.1. The van der Waals surface area contributed by atoms with Gasteiger partial charge in [0.25, 0.3) is 11.5 Å². The zero-order valence-electron chi connectivity index (χ0n) is 51.1. The molecule has 4 aliphatic heterocycles. The number of carbonyl (C=O) groups is 6. The van der Waals surface area contributed by atoms with Crippen LogP contribution in [0.25, 0.3) is 10.8 Å². The molecule has 2 aromatic carbocycles. The Kier molecular flexibility index (Phi) is 25.5. The summed E-state index contributed by atoms with van der Waals surface area (Å²) >= 11 is 8.02. The fraction of sp³-hybridized carbons (Fsp3) is 0.600. The van der Waals surface area contributed by atoms with E-state index in [0.717, 1.165) is 17.5 Å². The molecule has 2 aromatic heterocycles. The number of piperidine rings is 2. The number of hydrogen-bond donors (Lipinski definition) is 5. The van der Waals surface area contributed by atoms with Crippen LogP contribution < -0.4 is 37.5 Å². The van der Waals surface area contributed by atoms with Gasteiger partial charge in [-0.3, -0.25) is 34.1 Å². The molecule has 6 heterocycles. The summed E-state index contributed by atoms with van der Waals surface area (Å²) in [5.41, 5.74) is 6.17. The van der Waals surface area contributed by atoms with Gasteiger partial charge >= 0.3 is 6.09 Å². The lowest BCUT2D eigenvalue weighted by Crippen LogP contribution is -2.55. The summed E-state index contributed by atoms with van der Waals surface area (Å²) in [6.07, 6.45) is 4.64. The molecule has 486 valence electrons. The maximum absolute atomic E-state index is 13.4. The molecule has 29 heteroatoms. The molecule has 0 aliphatic carbocycles. The predicted octanol–water partition coefficient (Wildman–Crippen LogP) is 4.44. The van der Waals surface area contributed by atoms with Crippen LogP contribution in [0.3, 0.4) is 0 Å². The standard InChI is InChI=1S/C60H83ClN12O15S/c1-40-53(69-58(80)88-59(2,3)4)60(39-87-40)16-19-70(20-17-60)46-38-64-56(54(62)67-46)89-45-10-6-9-43(52(45)61)66-47(74)13-14-49(76)71-21-23-72(24-22-71)50(77)15-25-81-27-29-83-31-33-85-35-36-86-34-32-84-30-28-82-26-18-63-42-8-5-7-41-37-65-73(57(79)51(41)42)44-11-12-48(75)68-55(44)78/h5-10,37-38,40,44,53,63H,11-36,39H2,1-4H3,(H2,62,67)(H,66,74)(H,69,80)(H,68,75,78)/t40-,44?,53+/m0/s1. The fourth-order valence-corrected chi connectivity index (χ4v) is 11.9. The van der Waals surface area contributed by atoms with Crippen molar-refractivity contribution in [2.24, 2.45) is 5.41 Å². The fourth-order valence-electron chi connectivity index (χ4n) is 10.8. The van der Waals surface area contributed by atoms with Crippen LogP contribution in [0.1, 0.15) is 78.7 Å². The lowest BCUT2D eigenvalue weighted by Gasteiger charge is -2.43. The number of halogens is 1. The Bertz CT molecular complexity index is 3120. The number of carbonyl (C=O) groups excluding carboxylic acids is 6. The first-order chi connectivity index (χ1) is 42.9. The van der Waals surface area contributed by atoms with Crippen molar-refractivity contribution in [3.8, 4) is 0 Å². The topological polar surface area (TPSA) is 321 Å². The molecule has 4 aliphatic rings. The van der Waals surface area contributed by atoms with Gasteiger partial charge in [-0.05, 0) is 65.2 Å². The van der Waals surface area contributed by atoms with Crippen molar-refractivity contribution in [1.29, 1.82) is 0 Å². The van der Waals surface area contributed by atoms with Crippen LogP contribution in [-0.4, -0.2) is 215 Å². The summed E-state index contributed by atoms with van der Waals surface area (Å²) in [5, 5.41) is 17.4. The van der Waals surface area contributed by atoms with Gasteiger partial charge < -0.3 is 74.3 Å². The number of nitrogens with zero attached hydrogens (tertiary/aromatic N) is 7. The van der Waals surface area contributed by atoms with Gasteiger partial charge in [0.2, 0.25) is 23.6 Å². The highest BCUT2D eigenvalue weighted by Gasteiger charge is 2.51. The number of piperazine rings is 1. The molecule has 6 amide bonds. The normalized spacial score (nSPS) is 18.5. The zero-order chi connectivity index (χ0) is 63.3. The molecular weight excluding hydrogens is 1200 g/mol. The van der Waals surface area contributed by atoms with E-state index in [1.54, 1.807) is 46.3 Å². The Morgan fingerprint density at radius 3 is 1.99 bits per heavy atom. The highest BCUT2D eigenvalue weighted by atomic mass is 35.5. The molecular formula is C60H83ClN12O15S. The summed E-state index contributed by atoms with van der Waals surface area (Å²) in [5.74, 6) is -0.644. The minimum atomic E-state index is -0.849. The van der Waals surface area contributed by atoms with Crippen molar-refractivity contribution >= 4 is 92.8 Å². The second-order valence-electron chi connectivity index (χ2n) is 22.9. The van der Waals surface area contributed by atoms with Crippen LogP contribution in [0.5, 0.6) is 0 Å². The Morgan fingerprint density at radius 2 is 1.37 bits per heavy atom. The SMILES string of the molecule is C[C@@H]1OCC2(CCN(c3cnc(Sc4cccc(NC(=O)CCC(=O)N5CCN(C(=O)CCOCCOCCOCCOCCOCCOCCNc6cccc7cnn(C8CCC(=O)NC8=O)c(=O)c67)CC5)c4Cl)c(N)n3)CC2)[C@@H]1NC(=O)OC(C)(C)C. The first-order valence-electron chi connectivity index (χ1n) is 30.2. The molecule has 0 bridgehead atoms. The Labute approximate surface area is 526 Å². The number of nitrogens with one attached hydrogen (secondary N) is 4. The number of fused-ring (bicyclic) bond motifs is 1. The molecule has 89 heavy (non-hydrogen) atoms. The van der Waals surface area contributed by atoms with Gasteiger partial charge in [-0.1, -0.05) is 41.6 Å². The van der Waals surface area contributed by atoms with Crippen molar-refractivity contribution in [2.75, 3.05) is 153 Å². The molecule has 4 aromatic rings. The molecule has 4 fully saturated rings. The monoisotopic (exact) mass is 1280 g/mol. The van der Waals surface area contributed by atoms with Crippen LogP contribution in [0.15, 0.2) is 63.5 Å². The highest BCUT2D eigenvalue weighted by Crippen LogP contribution is 2.44. The van der Waals surface area contributed by atoms with E-state index < -0.39 is 29.2 Å². The number of alkyl carbamates (subject to hydrolysis) is 1. The summed E-state index contributed by atoms with van der Waals surface area (Å²) in [6, 6.07) is 9.56. The first-order valence-corrected chi connectivity index (χ1v) is 31.4. The predicted molar refractivity (Wildman–Crippen MR) is 331 cm³/mol. The minimum absolute atomic E-state index is 0.00504. The number of amides is 6. The third kappa shape index (κ3) is 19.9. The molecule has 1 unspecified atom stereocenters. The van der Waals surface area contributed by atoms with E-state index in [1.165, 1.54) is 18.0 Å². The summed E-state index contributed by atoms with van der Waals surface area (Å²) in [6.45, 7) is 15.7. The maximum atomic E-state index is 13.4. The van der Waals surface area contributed by atoms with Gasteiger partial charge in [0, 0.05) is 86.5 Å². The lowest BCUT2D eigenvalue weighted by molar-refractivity contribution is -0.140. The third-order valence-electron chi connectivity index (χ3n) is 15.5. The average Bonchev–Trinajstić information content (AvgIpc) is 3.35. The molecule has 27 nitrogen and oxygen atoms in total. The average molecular weight is 1280 g/mol. The van der Waals surface area contributed by atoms with Gasteiger partial charge in [0.15, 0.2) is 5.82 Å². The van der Waals surface area contributed by atoms with E-state index in [4.69, 9.17) is 55.2 Å². The second-order valence-corrected chi connectivity index (χ2v) is 24.3. The molecule has 0 saturated carbocycles. The highest BCUT2D eigenvalue weighted by molar-refractivity contribution is 7.99. The van der Waals surface area contributed by atoms with E-state index in [0.29, 0.717) is 168 Å². The zero-order valence-corrected chi connectivity index (χ0v) is 52.6. The molecule has 1 spiro atoms. The van der Waals surface area contributed by atoms with E-state index >= 15 is 0 Å².